The van der Waals surface area contributed by atoms with Crippen LogP contribution in [0.25, 0.3) is 5.69 Å². The second-order valence-electron chi connectivity index (χ2n) is 7.17. The molecule has 0 spiro atoms. The molecule has 2 heterocycles. The zero-order valence-electron chi connectivity index (χ0n) is 16.8. The standard InChI is InChI=1S/C24H19N3O3S/c1-29-19-12-8-17(9-13-19)23-14-21(25-20-4-2-3-5-22(20)31-23)16-6-10-18(11-7-16)27-15-24(28)30-26-27/h2-13,15,23H,14H2,1H3/p+1. The Labute approximate surface area is 183 Å². The Morgan fingerprint density at radius 3 is 2.55 bits per heavy atom. The summed E-state index contributed by atoms with van der Waals surface area (Å²) < 4.78 is 11.6. The fourth-order valence-corrected chi connectivity index (χ4v) is 4.82. The van der Waals surface area contributed by atoms with E-state index in [1.54, 1.807) is 11.8 Å². The molecule has 1 aromatic heterocycles. The van der Waals surface area contributed by atoms with Crippen LogP contribution in [0, 0.1) is 0 Å². The highest BCUT2D eigenvalue weighted by molar-refractivity contribution is 7.99. The predicted octanol–water partition coefficient (Wildman–Crippen LogP) is 4.61. The number of H-pyrrole nitrogens is 1. The normalized spacial score (nSPS) is 15.6. The van der Waals surface area contributed by atoms with Gasteiger partial charge in [0.2, 0.25) is 5.69 Å². The minimum atomic E-state index is -0.423. The van der Waals surface area contributed by atoms with Crippen LogP contribution >= 0.6 is 11.8 Å². The average molecular weight is 431 g/mol. The number of aromatic amines is 1. The van der Waals surface area contributed by atoms with Gasteiger partial charge in [0.1, 0.15) is 5.75 Å². The molecule has 0 bridgehead atoms. The van der Waals surface area contributed by atoms with Crippen molar-refractivity contribution in [2.45, 2.75) is 16.6 Å². The third kappa shape index (κ3) is 4.04. The van der Waals surface area contributed by atoms with Gasteiger partial charge in [0.25, 0.3) is 6.20 Å². The van der Waals surface area contributed by atoms with Gasteiger partial charge in [-0.15, -0.1) is 11.8 Å². The first-order valence-electron chi connectivity index (χ1n) is 9.88. The quantitative estimate of drug-likeness (QED) is 0.480. The number of hydrogen-bond acceptors (Lipinski definition) is 5. The highest BCUT2D eigenvalue weighted by atomic mass is 32.2. The lowest BCUT2D eigenvalue weighted by Gasteiger charge is -2.16. The van der Waals surface area contributed by atoms with Crippen LogP contribution in [0.4, 0.5) is 5.69 Å². The fourth-order valence-electron chi connectivity index (χ4n) is 3.59. The number of nitrogens with zero attached hydrogens (tertiary/aromatic N) is 2. The van der Waals surface area contributed by atoms with Gasteiger partial charge in [-0.25, -0.2) is 4.79 Å². The molecule has 1 N–H and O–H groups in total. The first-order chi connectivity index (χ1) is 15.2. The number of para-hydroxylation sites is 1. The van der Waals surface area contributed by atoms with Crippen molar-refractivity contribution in [3.05, 3.63) is 101 Å². The Morgan fingerprint density at radius 1 is 1.06 bits per heavy atom. The Balaban J connectivity index is 1.51. The van der Waals surface area contributed by atoms with Gasteiger partial charge in [-0.1, -0.05) is 24.3 Å². The lowest BCUT2D eigenvalue weighted by molar-refractivity contribution is -0.670. The second kappa shape index (κ2) is 8.28. The van der Waals surface area contributed by atoms with Crippen molar-refractivity contribution in [2.75, 3.05) is 7.11 Å². The van der Waals surface area contributed by atoms with E-state index in [-0.39, 0.29) is 5.25 Å². The van der Waals surface area contributed by atoms with Gasteiger partial charge in [0.15, 0.2) is 0 Å². The van der Waals surface area contributed by atoms with Gasteiger partial charge in [-0.3, -0.25) is 9.52 Å². The number of rotatable bonds is 4. The zero-order chi connectivity index (χ0) is 21.2. The number of hydrogen-bond donors (Lipinski definition) is 1. The summed E-state index contributed by atoms with van der Waals surface area (Å²) in [6, 6.07) is 24.4. The van der Waals surface area contributed by atoms with Crippen LogP contribution in [-0.4, -0.2) is 18.1 Å². The number of ether oxygens (including phenoxy) is 1. The van der Waals surface area contributed by atoms with Crippen LogP contribution in [0.15, 0.2) is 98.2 Å². The summed E-state index contributed by atoms with van der Waals surface area (Å²) in [5.74, 6) is 0.849. The SMILES string of the molecule is COc1ccc(C2CC(c3ccc(-[n+]4cc(=O)o[nH]4)cc3)=Nc3ccccc3S2)cc1. The van der Waals surface area contributed by atoms with Crippen molar-refractivity contribution < 1.29 is 13.9 Å². The Morgan fingerprint density at radius 2 is 1.84 bits per heavy atom. The summed E-state index contributed by atoms with van der Waals surface area (Å²) >= 11 is 1.83. The summed E-state index contributed by atoms with van der Waals surface area (Å²) in [5.41, 5.74) is 4.68. The topological polar surface area (TPSA) is 71.5 Å². The lowest BCUT2D eigenvalue weighted by Crippen LogP contribution is -2.32. The van der Waals surface area contributed by atoms with Crippen molar-refractivity contribution in [3.63, 3.8) is 0 Å². The van der Waals surface area contributed by atoms with E-state index in [0.29, 0.717) is 0 Å². The van der Waals surface area contributed by atoms with E-state index in [1.165, 1.54) is 16.7 Å². The molecular weight excluding hydrogens is 410 g/mol. The fraction of sp³-hybridized carbons (Fsp3) is 0.125. The van der Waals surface area contributed by atoms with Gasteiger partial charge < -0.3 is 4.74 Å². The van der Waals surface area contributed by atoms with Crippen LogP contribution in [0.1, 0.15) is 22.8 Å². The number of nitrogens with one attached hydrogen (secondary N) is 1. The van der Waals surface area contributed by atoms with E-state index in [0.717, 1.165) is 34.8 Å². The van der Waals surface area contributed by atoms with E-state index in [9.17, 15) is 4.79 Å². The number of aromatic nitrogens is 2. The monoisotopic (exact) mass is 430 g/mol. The number of benzene rings is 3. The third-order valence-electron chi connectivity index (χ3n) is 5.21. The molecule has 5 rings (SSSR count). The molecule has 6 nitrogen and oxygen atoms in total. The van der Waals surface area contributed by atoms with Crippen LogP contribution in [0.5, 0.6) is 5.75 Å². The molecule has 0 radical (unpaired) electrons. The number of thioether (sulfide) groups is 1. The van der Waals surface area contributed by atoms with E-state index >= 15 is 0 Å². The van der Waals surface area contributed by atoms with Crippen LogP contribution in [-0.2, 0) is 0 Å². The first kappa shape index (κ1) is 19.4. The van der Waals surface area contributed by atoms with Gasteiger partial charge >= 0.3 is 5.63 Å². The van der Waals surface area contributed by atoms with Gasteiger partial charge in [-0.2, -0.15) is 0 Å². The van der Waals surface area contributed by atoms with E-state index in [4.69, 9.17) is 14.3 Å². The van der Waals surface area contributed by atoms with Crippen molar-refractivity contribution >= 4 is 23.2 Å². The minimum Gasteiger partial charge on any atom is -0.497 e. The van der Waals surface area contributed by atoms with Crippen molar-refractivity contribution in [3.8, 4) is 11.4 Å². The maximum atomic E-state index is 11.3. The largest absolute Gasteiger partial charge is 0.497 e. The molecule has 31 heavy (non-hydrogen) atoms. The number of fused-ring (bicyclic) bond motifs is 1. The molecule has 7 heteroatoms. The van der Waals surface area contributed by atoms with Crippen LogP contribution in [0.3, 0.4) is 0 Å². The molecular formula is C24H20N3O3S+. The summed E-state index contributed by atoms with van der Waals surface area (Å²) in [6.45, 7) is 0. The van der Waals surface area contributed by atoms with Crippen LogP contribution in [0.2, 0.25) is 0 Å². The smallest absolute Gasteiger partial charge is 0.427 e. The summed E-state index contributed by atoms with van der Waals surface area (Å²) in [4.78, 5) is 17.5. The van der Waals surface area contributed by atoms with Gasteiger partial charge in [-0.05, 0) is 57.5 Å². The molecule has 0 amide bonds. The van der Waals surface area contributed by atoms with E-state index < -0.39 is 5.63 Å². The second-order valence-corrected chi connectivity index (χ2v) is 8.41. The van der Waals surface area contributed by atoms with Crippen molar-refractivity contribution in [1.82, 2.24) is 5.27 Å². The Bertz CT molecular complexity index is 1290. The number of methoxy groups -OCH3 is 1. The molecule has 0 fully saturated rings. The molecule has 1 aliphatic rings. The average Bonchev–Trinajstić information content (AvgIpc) is 3.15. The zero-order valence-corrected chi connectivity index (χ0v) is 17.6. The predicted molar refractivity (Wildman–Crippen MR) is 120 cm³/mol. The molecule has 3 aromatic carbocycles. The molecule has 1 atom stereocenters. The van der Waals surface area contributed by atoms with E-state index in [1.807, 2.05) is 54.2 Å². The molecule has 1 aliphatic heterocycles. The highest BCUT2D eigenvalue weighted by Gasteiger charge is 2.23. The highest BCUT2D eigenvalue weighted by Crippen LogP contribution is 2.45. The van der Waals surface area contributed by atoms with E-state index in [2.05, 4.69) is 35.6 Å². The molecule has 1 unspecified atom stereocenters. The number of aliphatic imine (C=N–C) groups is 1. The lowest BCUT2D eigenvalue weighted by atomic mass is 10.0. The minimum absolute atomic E-state index is 0.229. The molecule has 154 valence electrons. The van der Waals surface area contributed by atoms with Gasteiger partial charge in [0, 0.05) is 34.4 Å². The first-order valence-corrected chi connectivity index (χ1v) is 10.8. The molecule has 0 aliphatic carbocycles. The van der Waals surface area contributed by atoms with Crippen molar-refractivity contribution in [1.29, 1.82) is 0 Å². The van der Waals surface area contributed by atoms with Crippen LogP contribution < -0.4 is 15.0 Å². The summed E-state index contributed by atoms with van der Waals surface area (Å²) in [7, 11) is 1.68. The maximum absolute atomic E-state index is 11.3. The Hall–Kier alpha value is -3.58. The molecule has 4 aromatic rings. The Kier molecular flexibility index (Phi) is 5.18. The summed E-state index contributed by atoms with van der Waals surface area (Å²) in [6.07, 6.45) is 2.16. The van der Waals surface area contributed by atoms with Gasteiger partial charge in [0.05, 0.1) is 12.8 Å². The maximum Gasteiger partial charge on any atom is 0.427 e. The van der Waals surface area contributed by atoms with Crippen molar-refractivity contribution in [2.24, 2.45) is 4.99 Å². The third-order valence-corrected chi connectivity index (χ3v) is 6.54. The molecule has 0 saturated heterocycles. The summed E-state index contributed by atoms with van der Waals surface area (Å²) in [5, 5.41) is 2.80. The molecule has 0 saturated carbocycles.